The SMILES string of the molecule is O=C(CO)NC1O[C@H](CO)[C@@H](O)[C@H](O)[C@H]1O. The quantitative estimate of drug-likeness (QED) is 0.293. The van der Waals surface area contributed by atoms with Gasteiger partial charge in [0.2, 0.25) is 5.91 Å². The molecule has 8 nitrogen and oxygen atoms in total. The number of amides is 1. The average molecular weight is 237 g/mol. The molecular formula is C8H15NO7. The maximum Gasteiger partial charge on any atom is 0.247 e. The van der Waals surface area contributed by atoms with Crippen molar-refractivity contribution in [1.29, 1.82) is 0 Å². The van der Waals surface area contributed by atoms with Crippen molar-refractivity contribution in [2.75, 3.05) is 13.2 Å². The van der Waals surface area contributed by atoms with E-state index in [0.717, 1.165) is 0 Å². The molecule has 6 N–H and O–H groups in total. The summed E-state index contributed by atoms with van der Waals surface area (Å²) in [6, 6.07) is 0. The zero-order valence-electron chi connectivity index (χ0n) is 8.35. The lowest BCUT2D eigenvalue weighted by atomic mass is 9.98. The number of carbonyl (C=O) groups excluding carboxylic acids is 1. The molecule has 1 rings (SSSR count). The van der Waals surface area contributed by atoms with Gasteiger partial charge in [-0.1, -0.05) is 0 Å². The van der Waals surface area contributed by atoms with E-state index in [9.17, 15) is 20.1 Å². The van der Waals surface area contributed by atoms with Gasteiger partial charge < -0.3 is 35.6 Å². The molecule has 0 aromatic carbocycles. The number of carbonyl (C=O) groups is 1. The van der Waals surface area contributed by atoms with Gasteiger partial charge in [0.05, 0.1) is 6.61 Å². The van der Waals surface area contributed by atoms with Crippen molar-refractivity contribution in [2.24, 2.45) is 0 Å². The molecule has 0 aromatic heterocycles. The minimum Gasteiger partial charge on any atom is -0.394 e. The minimum absolute atomic E-state index is 0.573. The largest absolute Gasteiger partial charge is 0.394 e. The predicted octanol–water partition coefficient (Wildman–Crippen LogP) is -4.11. The smallest absolute Gasteiger partial charge is 0.247 e. The van der Waals surface area contributed by atoms with Crippen molar-refractivity contribution in [3.8, 4) is 0 Å². The summed E-state index contributed by atoms with van der Waals surface area (Å²) < 4.78 is 4.95. The molecule has 0 aliphatic carbocycles. The van der Waals surface area contributed by atoms with Gasteiger partial charge in [0.15, 0.2) is 6.23 Å². The molecule has 0 radical (unpaired) electrons. The molecule has 1 aliphatic heterocycles. The fourth-order valence-corrected chi connectivity index (χ4v) is 1.43. The fourth-order valence-electron chi connectivity index (χ4n) is 1.43. The van der Waals surface area contributed by atoms with Gasteiger partial charge >= 0.3 is 0 Å². The molecule has 16 heavy (non-hydrogen) atoms. The average Bonchev–Trinajstić information content (AvgIpc) is 2.29. The lowest BCUT2D eigenvalue weighted by molar-refractivity contribution is -0.236. The van der Waals surface area contributed by atoms with Crippen LogP contribution in [0.2, 0.25) is 0 Å². The van der Waals surface area contributed by atoms with E-state index >= 15 is 0 Å². The number of rotatable bonds is 3. The van der Waals surface area contributed by atoms with Gasteiger partial charge in [0.1, 0.15) is 31.0 Å². The van der Waals surface area contributed by atoms with Crippen molar-refractivity contribution in [1.82, 2.24) is 5.32 Å². The molecule has 1 unspecified atom stereocenters. The molecule has 1 saturated heterocycles. The molecule has 1 heterocycles. The summed E-state index contributed by atoms with van der Waals surface area (Å²) in [5.41, 5.74) is 0. The van der Waals surface area contributed by atoms with Crippen LogP contribution in [0.1, 0.15) is 0 Å². The third kappa shape index (κ3) is 2.67. The Bertz CT molecular complexity index is 247. The van der Waals surface area contributed by atoms with E-state index in [-0.39, 0.29) is 0 Å². The van der Waals surface area contributed by atoms with Crippen LogP contribution >= 0.6 is 0 Å². The highest BCUT2D eigenvalue weighted by Crippen LogP contribution is 2.19. The van der Waals surface area contributed by atoms with Crippen LogP contribution in [0.15, 0.2) is 0 Å². The number of hydrogen-bond donors (Lipinski definition) is 6. The van der Waals surface area contributed by atoms with Gasteiger partial charge in [-0.05, 0) is 0 Å². The first-order valence-corrected chi connectivity index (χ1v) is 4.72. The standard InChI is InChI=1S/C8H15NO7/c10-1-3-5(13)6(14)7(15)8(16-3)9-4(12)2-11/h3,5-8,10-11,13-15H,1-2H2,(H,9,12)/t3-,5-,6+,7-,8?/m1/s1. The summed E-state index contributed by atoms with van der Waals surface area (Å²) in [5.74, 6) is -0.802. The first-order valence-electron chi connectivity index (χ1n) is 4.72. The van der Waals surface area contributed by atoms with Gasteiger partial charge in [-0.25, -0.2) is 0 Å². The van der Waals surface area contributed by atoms with Crippen LogP contribution in [0.5, 0.6) is 0 Å². The van der Waals surface area contributed by atoms with E-state index in [1.807, 2.05) is 0 Å². The Morgan fingerprint density at radius 3 is 2.25 bits per heavy atom. The highest BCUT2D eigenvalue weighted by atomic mass is 16.6. The highest BCUT2D eigenvalue weighted by Gasteiger charge is 2.43. The zero-order valence-corrected chi connectivity index (χ0v) is 8.35. The van der Waals surface area contributed by atoms with E-state index in [0.29, 0.717) is 0 Å². The molecule has 8 heteroatoms. The maximum atomic E-state index is 10.8. The van der Waals surface area contributed by atoms with E-state index in [1.54, 1.807) is 0 Å². The second-order valence-electron chi connectivity index (χ2n) is 3.48. The van der Waals surface area contributed by atoms with E-state index < -0.39 is 49.8 Å². The third-order valence-electron chi connectivity index (χ3n) is 2.34. The second-order valence-corrected chi connectivity index (χ2v) is 3.48. The first kappa shape index (κ1) is 13.3. The predicted molar refractivity (Wildman–Crippen MR) is 49.0 cm³/mol. The number of aliphatic hydroxyl groups excluding tert-OH is 5. The Balaban J connectivity index is 2.67. The Labute approximate surface area is 91.1 Å². The van der Waals surface area contributed by atoms with Crippen LogP contribution < -0.4 is 5.32 Å². The van der Waals surface area contributed by atoms with Gasteiger partial charge in [-0.2, -0.15) is 0 Å². The van der Waals surface area contributed by atoms with Crippen molar-refractivity contribution >= 4 is 5.91 Å². The van der Waals surface area contributed by atoms with Crippen LogP contribution in [0.4, 0.5) is 0 Å². The van der Waals surface area contributed by atoms with E-state index in [4.69, 9.17) is 14.9 Å². The fraction of sp³-hybridized carbons (Fsp3) is 0.875. The van der Waals surface area contributed by atoms with E-state index in [1.165, 1.54) is 0 Å². The Morgan fingerprint density at radius 2 is 1.75 bits per heavy atom. The summed E-state index contributed by atoms with van der Waals surface area (Å²) in [6.45, 7) is -1.37. The molecule has 1 amide bonds. The van der Waals surface area contributed by atoms with Crippen molar-refractivity contribution < 1.29 is 35.1 Å². The zero-order chi connectivity index (χ0) is 12.3. The molecular weight excluding hydrogens is 222 g/mol. The Kier molecular flexibility index (Phi) is 4.59. The second kappa shape index (κ2) is 5.53. The van der Waals surface area contributed by atoms with Crippen molar-refractivity contribution in [2.45, 2.75) is 30.6 Å². The topological polar surface area (TPSA) is 139 Å². The number of hydrogen-bond acceptors (Lipinski definition) is 7. The number of aliphatic hydroxyl groups is 5. The summed E-state index contributed by atoms with van der Waals surface area (Å²) in [5, 5.41) is 47.6. The van der Waals surface area contributed by atoms with E-state index in [2.05, 4.69) is 5.32 Å². The monoisotopic (exact) mass is 237 g/mol. The Morgan fingerprint density at radius 1 is 1.12 bits per heavy atom. The van der Waals surface area contributed by atoms with Gasteiger partial charge in [-0.15, -0.1) is 0 Å². The van der Waals surface area contributed by atoms with Crippen LogP contribution in [-0.4, -0.2) is 75.3 Å². The molecule has 0 spiro atoms. The summed E-state index contributed by atoms with van der Waals surface area (Å²) in [7, 11) is 0. The van der Waals surface area contributed by atoms with Crippen LogP contribution in [0.25, 0.3) is 0 Å². The summed E-state index contributed by atoms with van der Waals surface area (Å²) in [6.07, 6.45) is -6.91. The molecule has 5 atom stereocenters. The number of ether oxygens (including phenoxy) is 1. The van der Waals surface area contributed by atoms with Crippen LogP contribution in [-0.2, 0) is 9.53 Å². The van der Waals surface area contributed by atoms with Gasteiger partial charge in [0, 0.05) is 0 Å². The molecule has 0 saturated carbocycles. The molecule has 1 aliphatic rings. The summed E-state index contributed by atoms with van der Waals surface area (Å²) in [4.78, 5) is 10.8. The molecule has 0 aromatic rings. The lowest BCUT2D eigenvalue weighted by Crippen LogP contribution is -2.63. The molecule has 94 valence electrons. The molecule has 1 fully saturated rings. The third-order valence-corrected chi connectivity index (χ3v) is 2.34. The summed E-state index contributed by atoms with van der Waals surface area (Å²) >= 11 is 0. The molecule has 0 bridgehead atoms. The minimum atomic E-state index is -1.55. The number of nitrogens with one attached hydrogen (secondary N) is 1. The lowest BCUT2D eigenvalue weighted by Gasteiger charge is -2.39. The van der Waals surface area contributed by atoms with Crippen molar-refractivity contribution in [3.05, 3.63) is 0 Å². The van der Waals surface area contributed by atoms with Gasteiger partial charge in [0.25, 0.3) is 0 Å². The van der Waals surface area contributed by atoms with Crippen LogP contribution in [0, 0.1) is 0 Å². The van der Waals surface area contributed by atoms with Crippen LogP contribution in [0.3, 0.4) is 0 Å². The first-order chi connectivity index (χ1) is 7.51. The maximum absolute atomic E-state index is 10.8. The highest BCUT2D eigenvalue weighted by molar-refractivity contribution is 5.77. The van der Waals surface area contributed by atoms with Crippen molar-refractivity contribution in [3.63, 3.8) is 0 Å². The van der Waals surface area contributed by atoms with Gasteiger partial charge in [-0.3, -0.25) is 4.79 Å². The normalized spacial score (nSPS) is 39.4. The Hall–Kier alpha value is -0.770.